The Labute approximate surface area is 147 Å². The van der Waals surface area contributed by atoms with Gasteiger partial charge in [-0.15, -0.1) is 0 Å². The molecule has 0 aliphatic carbocycles. The summed E-state index contributed by atoms with van der Waals surface area (Å²) in [5.74, 6) is -0.100. The van der Waals surface area contributed by atoms with Gasteiger partial charge in [-0.05, 0) is 34.6 Å². The fraction of sp³-hybridized carbons (Fsp3) is 0.688. The van der Waals surface area contributed by atoms with Gasteiger partial charge in [0.25, 0.3) is 0 Å². The zero-order valence-corrected chi connectivity index (χ0v) is 16.1. The molecule has 2 rings (SSSR count). The van der Waals surface area contributed by atoms with E-state index in [0.717, 1.165) is 0 Å². The van der Waals surface area contributed by atoms with E-state index in [1.807, 2.05) is 0 Å². The third-order valence-corrected chi connectivity index (χ3v) is 6.21. The standard InChI is InChI=1S/C16H25N3O5S/c1-10-13(12(3)24-18-10)16(4,5)15(21)17-11(2)14(20)19-6-8-25(22,23)9-7-19/h11H,6-9H2,1-5H3,(H,17,21). The third kappa shape index (κ3) is 4.02. The van der Waals surface area contributed by atoms with Crippen molar-refractivity contribution in [1.29, 1.82) is 0 Å². The van der Waals surface area contributed by atoms with Gasteiger partial charge in [0.2, 0.25) is 11.8 Å². The van der Waals surface area contributed by atoms with Crippen LogP contribution < -0.4 is 5.32 Å². The first kappa shape index (κ1) is 19.4. The molecule has 2 heterocycles. The molecule has 1 aliphatic heterocycles. The topological polar surface area (TPSA) is 110 Å². The number of rotatable bonds is 4. The Hall–Kier alpha value is -1.90. The van der Waals surface area contributed by atoms with Crippen LogP contribution in [0.3, 0.4) is 0 Å². The van der Waals surface area contributed by atoms with Crippen LogP contribution in [0.25, 0.3) is 0 Å². The third-order valence-electron chi connectivity index (χ3n) is 4.60. The Balaban J connectivity index is 2.05. The van der Waals surface area contributed by atoms with Crippen LogP contribution in [0.15, 0.2) is 4.52 Å². The van der Waals surface area contributed by atoms with E-state index >= 15 is 0 Å². The average molecular weight is 371 g/mol. The van der Waals surface area contributed by atoms with Crippen LogP contribution in [0.4, 0.5) is 0 Å². The molecule has 0 bridgehead atoms. The van der Waals surface area contributed by atoms with E-state index in [9.17, 15) is 18.0 Å². The Morgan fingerprint density at radius 3 is 2.28 bits per heavy atom. The van der Waals surface area contributed by atoms with Crippen molar-refractivity contribution >= 4 is 21.7 Å². The van der Waals surface area contributed by atoms with Gasteiger partial charge in [0.1, 0.15) is 11.8 Å². The van der Waals surface area contributed by atoms with Crippen LogP contribution in [0.2, 0.25) is 0 Å². The van der Waals surface area contributed by atoms with Crippen LogP contribution in [-0.4, -0.2) is 60.9 Å². The molecule has 1 saturated heterocycles. The fourth-order valence-corrected chi connectivity index (χ4v) is 4.34. The molecule has 8 nitrogen and oxygen atoms in total. The molecule has 25 heavy (non-hydrogen) atoms. The van der Waals surface area contributed by atoms with Crippen LogP contribution in [0, 0.1) is 13.8 Å². The summed E-state index contributed by atoms with van der Waals surface area (Å²) in [6, 6.07) is -0.743. The summed E-state index contributed by atoms with van der Waals surface area (Å²) in [7, 11) is -3.06. The Morgan fingerprint density at radius 2 is 1.80 bits per heavy atom. The second-order valence-electron chi connectivity index (χ2n) is 7.00. The van der Waals surface area contributed by atoms with Gasteiger partial charge in [-0.2, -0.15) is 0 Å². The summed E-state index contributed by atoms with van der Waals surface area (Å²) in [6.45, 7) is 8.94. The minimum atomic E-state index is -3.06. The first-order chi connectivity index (χ1) is 11.5. The zero-order valence-electron chi connectivity index (χ0n) is 15.2. The normalized spacial score (nSPS) is 18.7. The molecule has 140 valence electrons. The van der Waals surface area contributed by atoms with E-state index in [-0.39, 0.29) is 36.4 Å². The summed E-state index contributed by atoms with van der Waals surface area (Å²) >= 11 is 0. The Bertz CT molecular complexity index is 748. The molecule has 1 fully saturated rings. The molecule has 9 heteroatoms. The lowest BCUT2D eigenvalue weighted by Crippen LogP contribution is -2.54. The lowest BCUT2D eigenvalue weighted by molar-refractivity contribution is -0.137. The van der Waals surface area contributed by atoms with Crippen LogP contribution in [-0.2, 0) is 24.8 Å². The van der Waals surface area contributed by atoms with E-state index in [2.05, 4.69) is 10.5 Å². The number of aromatic nitrogens is 1. The molecule has 0 aromatic carbocycles. The molecule has 1 N–H and O–H groups in total. The fourth-order valence-electron chi connectivity index (χ4n) is 3.13. The maximum absolute atomic E-state index is 12.7. The van der Waals surface area contributed by atoms with E-state index < -0.39 is 21.3 Å². The number of amides is 2. The highest BCUT2D eigenvalue weighted by Crippen LogP contribution is 2.29. The van der Waals surface area contributed by atoms with Crippen molar-refractivity contribution in [2.45, 2.75) is 46.1 Å². The number of nitrogens with zero attached hydrogens (tertiary/aromatic N) is 2. The van der Waals surface area contributed by atoms with Crippen LogP contribution >= 0.6 is 0 Å². The first-order valence-electron chi connectivity index (χ1n) is 8.19. The van der Waals surface area contributed by atoms with Crippen molar-refractivity contribution in [3.63, 3.8) is 0 Å². The van der Waals surface area contributed by atoms with Crippen LogP contribution in [0.5, 0.6) is 0 Å². The number of aryl methyl sites for hydroxylation is 2. The molecule has 0 saturated carbocycles. The van der Waals surface area contributed by atoms with E-state index in [1.54, 1.807) is 34.6 Å². The molecule has 0 spiro atoms. The van der Waals surface area contributed by atoms with Gasteiger partial charge in [-0.1, -0.05) is 5.16 Å². The SMILES string of the molecule is Cc1noc(C)c1C(C)(C)C(=O)NC(C)C(=O)N1CCS(=O)(=O)CC1. The lowest BCUT2D eigenvalue weighted by Gasteiger charge is -2.31. The van der Waals surface area contributed by atoms with Gasteiger partial charge in [0, 0.05) is 18.7 Å². The molecule has 2 amide bonds. The lowest BCUT2D eigenvalue weighted by atomic mass is 9.82. The second kappa shape index (κ2) is 6.78. The maximum Gasteiger partial charge on any atom is 0.244 e. The predicted molar refractivity (Wildman–Crippen MR) is 91.8 cm³/mol. The minimum Gasteiger partial charge on any atom is -0.361 e. The number of carbonyl (C=O) groups is 2. The Morgan fingerprint density at radius 1 is 1.24 bits per heavy atom. The van der Waals surface area contributed by atoms with Gasteiger partial charge in [-0.25, -0.2) is 8.42 Å². The highest BCUT2D eigenvalue weighted by molar-refractivity contribution is 7.91. The monoisotopic (exact) mass is 371 g/mol. The summed E-state index contributed by atoms with van der Waals surface area (Å²) in [4.78, 5) is 26.7. The number of nitrogens with one attached hydrogen (secondary N) is 1. The minimum absolute atomic E-state index is 0.0377. The molecule has 1 atom stereocenters. The van der Waals surface area contributed by atoms with Crippen molar-refractivity contribution < 1.29 is 22.5 Å². The quantitative estimate of drug-likeness (QED) is 0.817. The van der Waals surface area contributed by atoms with E-state index in [0.29, 0.717) is 17.0 Å². The van der Waals surface area contributed by atoms with E-state index in [1.165, 1.54) is 4.90 Å². The molecule has 0 radical (unpaired) electrons. The summed E-state index contributed by atoms with van der Waals surface area (Å²) < 4.78 is 28.1. The Kier molecular flexibility index (Phi) is 5.27. The van der Waals surface area contributed by atoms with Gasteiger partial charge in [0.15, 0.2) is 9.84 Å². The second-order valence-corrected chi connectivity index (χ2v) is 9.30. The highest BCUT2D eigenvalue weighted by Gasteiger charge is 2.37. The largest absolute Gasteiger partial charge is 0.361 e. The van der Waals surface area contributed by atoms with Crippen molar-refractivity contribution in [1.82, 2.24) is 15.4 Å². The zero-order chi connectivity index (χ0) is 19.0. The maximum atomic E-state index is 12.7. The summed E-state index contributed by atoms with van der Waals surface area (Å²) in [5, 5.41) is 6.61. The van der Waals surface area contributed by atoms with Crippen molar-refractivity contribution in [2.75, 3.05) is 24.6 Å². The van der Waals surface area contributed by atoms with Gasteiger partial charge >= 0.3 is 0 Å². The average Bonchev–Trinajstić information content (AvgIpc) is 2.85. The van der Waals surface area contributed by atoms with E-state index in [4.69, 9.17) is 4.52 Å². The van der Waals surface area contributed by atoms with Gasteiger partial charge in [-0.3, -0.25) is 9.59 Å². The first-order valence-corrected chi connectivity index (χ1v) is 10.0. The molecule has 1 aromatic rings. The number of sulfone groups is 1. The van der Waals surface area contributed by atoms with Crippen molar-refractivity contribution in [3.8, 4) is 0 Å². The molecule has 1 aromatic heterocycles. The number of carbonyl (C=O) groups excluding carboxylic acids is 2. The number of hydrogen-bond acceptors (Lipinski definition) is 6. The molecule has 1 aliphatic rings. The predicted octanol–water partition coefficient (Wildman–Crippen LogP) is 0.331. The van der Waals surface area contributed by atoms with Crippen LogP contribution in [0.1, 0.15) is 37.8 Å². The van der Waals surface area contributed by atoms with Gasteiger partial charge < -0.3 is 14.7 Å². The highest BCUT2D eigenvalue weighted by atomic mass is 32.2. The van der Waals surface area contributed by atoms with Gasteiger partial charge in [0.05, 0.1) is 22.6 Å². The number of hydrogen-bond donors (Lipinski definition) is 1. The molecular formula is C16H25N3O5S. The van der Waals surface area contributed by atoms with Crippen molar-refractivity contribution in [2.24, 2.45) is 0 Å². The van der Waals surface area contributed by atoms with Crippen molar-refractivity contribution in [3.05, 3.63) is 17.0 Å². The summed E-state index contributed by atoms with van der Waals surface area (Å²) in [5.41, 5.74) is 0.431. The smallest absolute Gasteiger partial charge is 0.244 e. The summed E-state index contributed by atoms with van der Waals surface area (Å²) in [6.07, 6.45) is 0. The molecular weight excluding hydrogens is 346 g/mol. The molecule has 1 unspecified atom stereocenters.